The molecule has 1 saturated heterocycles. The lowest BCUT2D eigenvalue weighted by atomic mass is 9.99. The molecule has 4 heteroatoms. The van der Waals surface area contributed by atoms with Gasteiger partial charge in [-0.15, -0.1) is 24.8 Å². The molecule has 0 radical (unpaired) electrons. The predicted octanol–water partition coefficient (Wildman–Crippen LogP) is 2.05. The van der Waals surface area contributed by atoms with Gasteiger partial charge in [0.2, 0.25) is 0 Å². The third-order valence-electron chi connectivity index (χ3n) is 2.41. The molecule has 1 fully saturated rings. The minimum atomic E-state index is 0. The fourth-order valence-electron chi connectivity index (χ4n) is 1.62. The van der Waals surface area contributed by atoms with Gasteiger partial charge < -0.3 is 5.73 Å². The Morgan fingerprint density at radius 1 is 1.23 bits per heavy atom. The lowest BCUT2D eigenvalue weighted by Gasteiger charge is -2.40. The molecule has 0 aromatic heterocycles. The highest BCUT2D eigenvalue weighted by molar-refractivity contribution is 5.85. The molecule has 1 heterocycles. The molecule has 0 aromatic carbocycles. The zero-order valence-electron chi connectivity index (χ0n) is 8.75. The molecule has 0 bridgehead atoms. The van der Waals surface area contributed by atoms with E-state index in [4.69, 9.17) is 5.73 Å². The Hall–Kier alpha value is 0.500. The summed E-state index contributed by atoms with van der Waals surface area (Å²) in [4.78, 5) is 2.47. The molecule has 0 amide bonds. The molecule has 0 spiro atoms. The summed E-state index contributed by atoms with van der Waals surface area (Å²) >= 11 is 0. The predicted molar refractivity (Wildman–Crippen MR) is 63.0 cm³/mol. The molecule has 1 aliphatic heterocycles. The highest BCUT2D eigenvalue weighted by atomic mass is 35.5. The van der Waals surface area contributed by atoms with Crippen LogP contribution in [-0.2, 0) is 0 Å². The van der Waals surface area contributed by atoms with E-state index in [2.05, 4.69) is 25.7 Å². The van der Waals surface area contributed by atoms with Crippen LogP contribution >= 0.6 is 24.8 Å². The number of likely N-dealkylation sites (tertiary alicyclic amines) is 1. The van der Waals surface area contributed by atoms with Crippen LogP contribution in [0.25, 0.3) is 0 Å². The van der Waals surface area contributed by atoms with Gasteiger partial charge in [0, 0.05) is 18.1 Å². The van der Waals surface area contributed by atoms with Crippen LogP contribution in [-0.4, -0.2) is 29.6 Å². The SMILES string of the molecule is CC(C)(C)N1CCCC(N)C1.Cl.Cl. The first kappa shape index (κ1) is 15.9. The summed E-state index contributed by atoms with van der Waals surface area (Å²) in [6.07, 6.45) is 2.46. The lowest BCUT2D eigenvalue weighted by molar-refractivity contribution is 0.0999. The van der Waals surface area contributed by atoms with E-state index < -0.39 is 0 Å². The number of nitrogens with two attached hydrogens (primary N) is 1. The van der Waals surface area contributed by atoms with E-state index in [1.165, 1.54) is 19.4 Å². The van der Waals surface area contributed by atoms with Gasteiger partial charge in [0.25, 0.3) is 0 Å². The van der Waals surface area contributed by atoms with Crippen molar-refractivity contribution in [2.45, 2.75) is 45.2 Å². The van der Waals surface area contributed by atoms with E-state index in [0.717, 1.165) is 6.54 Å². The molecule has 1 atom stereocenters. The minimum absolute atomic E-state index is 0. The Bertz CT molecular complexity index is 134. The van der Waals surface area contributed by atoms with Gasteiger partial charge in [-0.05, 0) is 40.2 Å². The second-order valence-corrected chi connectivity index (χ2v) is 4.52. The third kappa shape index (κ3) is 5.06. The van der Waals surface area contributed by atoms with Crippen molar-refractivity contribution in [3.05, 3.63) is 0 Å². The Morgan fingerprint density at radius 3 is 2.08 bits per heavy atom. The average molecular weight is 229 g/mol. The van der Waals surface area contributed by atoms with Crippen molar-refractivity contribution in [3.63, 3.8) is 0 Å². The van der Waals surface area contributed by atoms with Crippen LogP contribution in [0.4, 0.5) is 0 Å². The summed E-state index contributed by atoms with van der Waals surface area (Å²) in [5.74, 6) is 0. The highest BCUT2D eigenvalue weighted by Gasteiger charge is 2.25. The quantitative estimate of drug-likeness (QED) is 0.688. The van der Waals surface area contributed by atoms with Crippen LogP contribution in [0, 0.1) is 0 Å². The van der Waals surface area contributed by atoms with E-state index in [1.807, 2.05) is 0 Å². The van der Waals surface area contributed by atoms with Crippen molar-refractivity contribution in [2.75, 3.05) is 13.1 Å². The van der Waals surface area contributed by atoms with Crippen LogP contribution in [0.3, 0.4) is 0 Å². The van der Waals surface area contributed by atoms with Crippen LogP contribution < -0.4 is 5.73 Å². The summed E-state index contributed by atoms with van der Waals surface area (Å²) in [7, 11) is 0. The Morgan fingerprint density at radius 2 is 1.77 bits per heavy atom. The number of hydrogen-bond acceptors (Lipinski definition) is 2. The van der Waals surface area contributed by atoms with Gasteiger partial charge in [-0.1, -0.05) is 0 Å². The Kier molecular flexibility index (Phi) is 7.45. The van der Waals surface area contributed by atoms with Crippen LogP contribution in [0.2, 0.25) is 0 Å². The first-order chi connectivity index (χ1) is 5.00. The Labute approximate surface area is 94.1 Å². The van der Waals surface area contributed by atoms with Crippen LogP contribution in [0.1, 0.15) is 33.6 Å². The van der Waals surface area contributed by atoms with Crippen molar-refractivity contribution in [3.8, 4) is 0 Å². The molecule has 0 aromatic rings. The zero-order valence-corrected chi connectivity index (χ0v) is 10.4. The smallest absolute Gasteiger partial charge is 0.0168 e. The third-order valence-corrected chi connectivity index (χ3v) is 2.41. The average Bonchev–Trinajstić information content (AvgIpc) is 1.86. The molecule has 1 unspecified atom stereocenters. The minimum Gasteiger partial charge on any atom is -0.327 e. The molecule has 1 aliphatic rings. The van der Waals surface area contributed by atoms with Gasteiger partial charge in [0.15, 0.2) is 0 Å². The van der Waals surface area contributed by atoms with Gasteiger partial charge >= 0.3 is 0 Å². The van der Waals surface area contributed by atoms with Gasteiger partial charge in [0.05, 0.1) is 0 Å². The van der Waals surface area contributed by atoms with Crippen molar-refractivity contribution in [2.24, 2.45) is 5.73 Å². The van der Waals surface area contributed by atoms with Crippen molar-refractivity contribution >= 4 is 24.8 Å². The molecule has 1 rings (SSSR count). The van der Waals surface area contributed by atoms with E-state index >= 15 is 0 Å². The first-order valence-corrected chi connectivity index (χ1v) is 4.51. The number of hydrogen-bond donors (Lipinski definition) is 1. The normalized spacial score (nSPS) is 24.5. The molecule has 0 aliphatic carbocycles. The maximum Gasteiger partial charge on any atom is 0.0168 e. The molecular weight excluding hydrogens is 207 g/mol. The maximum atomic E-state index is 5.88. The topological polar surface area (TPSA) is 29.3 Å². The first-order valence-electron chi connectivity index (χ1n) is 4.51. The fourth-order valence-corrected chi connectivity index (χ4v) is 1.62. The standard InChI is InChI=1S/C9H20N2.2ClH/c1-9(2,3)11-6-4-5-8(10)7-11;;/h8H,4-7,10H2,1-3H3;2*1H. The number of rotatable bonds is 0. The monoisotopic (exact) mass is 228 g/mol. The molecular formula is C9H22Cl2N2. The van der Waals surface area contributed by atoms with E-state index in [-0.39, 0.29) is 24.8 Å². The largest absolute Gasteiger partial charge is 0.327 e. The van der Waals surface area contributed by atoms with Crippen LogP contribution in [0.15, 0.2) is 0 Å². The van der Waals surface area contributed by atoms with Gasteiger partial charge in [0.1, 0.15) is 0 Å². The van der Waals surface area contributed by atoms with E-state index in [9.17, 15) is 0 Å². The maximum absolute atomic E-state index is 5.88. The summed E-state index contributed by atoms with van der Waals surface area (Å²) in [5.41, 5.74) is 6.18. The number of nitrogens with zero attached hydrogens (tertiary/aromatic N) is 1. The highest BCUT2D eigenvalue weighted by Crippen LogP contribution is 2.18. The van der Waals surface area contributed by atoms with Crippen molar-refractivity contribution in [1.82, 2.24) is 4.90 Å². The fraction of sp³-hybridized carbons (Fsp3) is 1.00. The van der Waals surface area contributed by atoms with Crippen molar-refractivity contribution in [1.29, 1.82) is 0 Å². The van der Waals surface area contributed by atoms with Gasteiger partial charge in [-0.2, -0.15) is 0 Å². The second-order valence-electron chi connectivity index (χ2n) is 4.52. The molecule has 0 saturated carbocycles. The van der Waals surface area contributed by atoms with Crippen molar-refractivity contribution < 1.29 is 0 Å². The van der Waals surface area contributed by atoms with Gasteiger partial charge in [-0.3, -0.25) is 4.90 Å². The van der Waals surface area contributed by atoms with E-state index in [0.29, 0.717) is 11.6 Å². The lowest BCUT2D eigenvalue weighted by Crippen LogP contribution is -2.51. The second kappa shape index (κ2) is 6.07. The molecule has 82 valence electrons. The summed E-state index contributed by atoms with van der Waals surface area (Å²) in [5, 5.41) is 0. The van der Waals surface area contributed by atoms with Gasteiger partial charge in [-0.25, -0.2) is 0 Å². The summed E-state index contributed by atoms with van der Waals surface area (Å²) in [6.45, 7) is 9.06. The Balaban J connectivity index is 0. The molecule has 13 heavy (non-hydrogen) atoms. The summed E-state index contributed by atoms with van der Waals surface area (Å²) < 4.78 is 0. The molecule has 2 nitrogen and oxygen atoms in total. The van der Waals surface area contributed by atoms with Crippen LogP contribution in [0.5, 0.6) is 0 Å². The van der Waals surface area contributed by atoms with E-state index in [1.54, 1.807) is 0 Å². The number of piperidine rings is 1. The number of halogens is 2. The zero-order chi connectivity index (χ0) is 8.48. The summed E-state index contributed by atoms with van der Waals surface area (Å²) in [6, 6.07) is 0.406. The molecule has 2 N–H and O–H groups in total.